The fraction of sp³-hybridized carbons (Fsp3) is 0.867. The van der Waals surface area contributed by atoms with E-state index in [4.69, 9.17) is 4.18 Å². The molecular weight excluding hydrogens is 456 g/mol. The van der Waals surface area contributed by atoms with Crippen molar-refractivity contribution >= 4 is 10.4 Å². The molecule has 0 spiro atoms. The molecule has 0 bridgehead atoms. The minimum atomic E-state index is -4.45. The minimum Gasteiger partial charge on any atom is -0.264 e. The summed E-state index contributed by atoms with van der Waals surface area (Å²) in [5.74, 6) is 1.90. The van der Waals surface area contributed by atoms with Gasteiger partial charge in [-0.2, -0.15) is 8.42 Å². The average Bonchev–Trinajstić information content (AvgIpc) is 3.01. The lowest BCUT2D eigenvalue weighted by Crippen LogP contribution is -2.55. The second-order valence-electron chi connectivity index (χ2n) is 14.1. The van der Waals surface area contributed by atoms with Crippen molar-refractivity contribution in [1.82, 2.24) is 0 Å². The largest absolute Gasteiger partial charge is 0.397 e. The molecule has 0 aromatic heterocycles. The van der Waals surface area contributed by atoms with E-state index in [0.29, 0.717) is 17.8 Å². The van der Waals surface area contributed by atoms with E-state index in [1.807, 2.05) is 0 Å². The van der Waals surface area contributed by atoms with E-state index in [1.165, 1.54) is 44.1 Å². The van der Waals surface area contributed by atoms with Crippen LogP contribution in [0.2, 0.25) is 0 Å². The first kappa shape index (κ1) is 27.4. The summed E-state index contributed by atoms with van der Waals surface area (Å²) in [5.41, 5.74) is 5.31. The van der Waals surface area contributed by atoms with Crippen LogP contribution in [0.5, 0.6) is 0 Å². The van der Waals surface area contributed by atoms with Crippen molar-refractivity contribution in [3.63, 3.8) is 0 Å². The Morgan fingerprint density at radius 2 is 1.71 bits per heavy atom. The zero-order chi connectivity index (χ0) is 26.0. The monoisotopic (exact) mass is 506 g/mol. The maximum Gasteiger partial charge on any atom is 0.397 e. The van der Waals surface area contributed by atoms with Gasteiger partial charge in [-0.25, -0.2) is 4.18 Å². The first-order chi connectivity index (χ1) is 16.1. The summed E-state index contributed by atoms with van der Waals surface area (Å²) < 4.78 is 37.8. The van der Waals surface area contributed by atoms with Crippen molar-refractivity contribution in [2.75, 3.05) is 0 Å². The molecule has 0 aromatic rings. The number of fused-ring (bicyclic) bond motifs is 4. The Morgan fingerprint density at radius 3 is 2.34 bits per heavy atom. The fourth-order valence-electron chi connectivity index (χ4n) is 9.77. The Kier molecular flexibility index (Phi) is 7.02. The Hall–Kier alpha value is -0.650. The maximum absolute atomic E-state index is 11.6. The molecular formula is C30H50O4S. The molecule has 4 aliphatic carbocycles. The Bertz CT molecular complexity index is 1000. The summed E-state index contributed by atoms with van der Waals surface area (Å²) >= 11 is 0. The van der Waals surface area contributed by atoms with Gasteiger partial charge in [-0.1, -0.05) is 64.3 Å². The van der Waals surface area contributed by atoms with Crippen molar-refractivity contribution in [3.05, 3.63) is 22.8 Å². The van der Waals surface area contributed by atoms with Crippen LogP contribution in [-0.4, -0.2) is 19.1 Å². The van der Waals surface area contributed by atoms with Crippen LogP contribution in [0.3, 0.4) is 0 Å². The van der Waals surface area contributed by atoms with E-state index in [-0.39, 0.29) is 16.2 Å². The second kappa shape index (κ2) is 8.98. The zero-order valence-electron chi connectivity index (χ0n) is 23.5. The zero-order valence-corrected chi connectivity index (χ0v) is 24.4. The van der Waals surface area contributed by atoms with Gasteiger partial charge in [0, 0.05) is 0 Å². The predicted octanol–water partition coefficient (Wildman–Crippen LogP) is 8.31. The molecule has 35 heavy (non-hydrogen) atoms. The molecule has 7 atom stereocenters. The molecule has 0 aliphatic heterocycles. The molecule has 0 amide bonds. The van der Waals surface area contributed by atoms with Crippen molar-refractivity contribution in [2.45, 2.75) is 126 Å². The predicted molar refractivity (Wildman–Crippen MR) is 143 cm³/mol. The lowest BCUT2D eigenvalue weighted by atomic mass is 9.43. The van der Waals surface area contributed by atoms with Crippen molar-refractivity contribution in [2.24, 2.45) is 39.4 Å². The number of rotatable bonds is 6. The van der Waals surface area contributed by atoms with Crippen LogP contribution < -0.4 is 0 Å². The second-order valence-corrected chi connectivity index (χ2v) is 15.1. The molecule has 2 saturated carbocycles. The van der Waals surface area contributed by atoms with Gasteiger partial charge >= 0.3 is 10.4 Å². The van der Waals surface area contributed by atoms with Gasteiger partial charge in [0.1, 0.15) is 0 Å². The summed E-state index contributed by atoms with van der Waals surface area (Å²) in [7, 11) is -4.45. The van der Waals surface area contributed by atoms with Crippen molar-refractivity contribution in [3.8, 4) is 0 Å². The lowest BCUT2D eigenvalue weighted by molar-refractivity contribution is -0.0861. The van der Waals surface area contributed by atoms with Crippen LogP contribution >= 0.6 is 0 Å². The summed E-state index contributed by atoms with van der Waals surface area (Å²) in [6.07, 6.45) is 13.4. The van der Waals surface area contributed by atoms with E-state index < -0.39 is 16.5 Å². The third-order valence-corrected chi connectivity index (χ3v) is 12.3. The number of hydrogen-bond donors (Lipinski definition) is 1. The van der Waals surface area contributed by atoms with Crippen LogP contribution in [0.25, 0.3) is 0 Å². The normalized spacial score (nSPS) is 41.6. The highest BCUT2D eigenvalue weighted by molar-refractivity contribution is 7.80. The van der Waals surface area contributed by atoms with E-state index in [0.717, 1.165) is 31.1 Å². The van der Waals surface area contributed by atoms with Gasteiger partial charge in [-0.15, -0.1) is 0 Å². The van der Waals surface area contributed by atoms with Gasteiger partial charge in [0.15, 0.2) is 0 Å². The molecule has 0 aromatic carbocycles. The van der Waals surface area contributed by atoms with Crippen LogP contribution in [0.1, 0.15) is 120 Å². The molecule has 1 N–H and O–H groups in total. The Morgan fingerprint density at radius 1 is 1.03 bits per heavy atom. The Balaban J connectivity index is 1.63. The highest BCUT2D eigenvalue weighted by Crippen LogP contribution is 2.72. The number of hydrogen-bond acceptors (Lipinski definition) is 3. The van der Waals surface area contributed by atoms with Gasteiger partial charge in [-0.3, -0.25) is 4.55 Å². The molecule has 4 nitrogen and oxygen atoms in total. The van der Waals surface area contributed by atoms with Crippen LogP contribution in [0.15, 0.2) is 22.8 Å². The highest BCUT2D eigenvalue weighted by atomic mass is 32.3. The first-order valence-electron chi connectivity index (χ1n) is 14.1. The van der Waals surface area contributed by atoms with Gasteiger partial charge in [0.2, 0.25) is 0 Å². The van der Waals surface area contributed by atoms with Crippen LogP contribution in [0.4, 0.5) is 0 Å². The van der Waals surface area contributed by atoms with Gasteiger partial charge in [0.25, 0.3) is 0 Å². The maximum atomic E-state index is 11.6. The van der Waals surface area contributed by atoms with E-state index in [1.54, 1.807) is 11.1 Å². The van der Waals surface area contributed by atoms with Gasteiger partial charge in [0.05, 0.1) is 6.10 Å². The smallest absolute Gasteiger partial charge is 0.264 e. The van der Waals surface area contributed by atoms with E-state index >= 15 is 0 Å². The van der Waals surface area contributed by atoms with Gasteiger partial charge in [-0.05, 0) is 117 Å². The molecule has 2 unspecified atom stereocenters. The minimum absolute atomic E-state index is 0.0909. The summed E-state index contributed by atoms with van der Waals surface area (Å²) in [5, 5.41) is 0. The molecule has 0 heterocycles. The fourth-order valence-corrected chi connectivity index (χ4v) is 10.4. The standard InChI is InChI=1S/C30H50O4S/c1-20(2)10-9-11-21(3)22-14-18-30(8)24-12-13-25-27(4,5)26(34-35(31,32)33)16-17-28(25,6)23(24)15-19-29(22,30)7/h10,21-22,25-26H,9,11-19H2,1-8H3,(H,31,32,33)/t21-,22-,25?,26?,28-,29+,30+/m1/s1. The van der Waals surface area contributed by atoms with Crippen LogP contribution in [-0.2, 0) is 14.6 Å². The summed E-state index contributed by atoms with van der Waals surface area (Å²) in [4.78, 5) is 0. The first-order valence-corrected chi connectivity index (χ1v) is 15.4. The molecule has 200 valence electrons. The summed E-state index contributed by atoms with van der Waals surface area (Å²) in [6.45, 7) is 18.9. The van der Waals surface area contributed by atoms with E-state index in [2.05, 4.69) is 61.5 Å². The number of allylic oxidation sites excluding steroid dienone is 4. The lowest BCUT2D eigenvalue weighted by Gasteiger charge is -2.62. The molecule has 5 heteroatoms. The molecule has 2 fully saturated rings. The van der Waals surface area contributed by atoms with E-state index in [9.17, 15) is 13.0 Å². The van der Waals surface area contributed by atoms with Crippen molar-refractivity contribution in [1.29, 1.82) is 0 Å². The quantitative estimate of drug-likeness (QED) is 0.291. The van der Waals surface area contributed by atoms with Gasteiger partial charge < -0.3 is 0 Å². The molecule has 0 radical (unpaired) electrons. The molecule has 0 saturated heterocycles. The SMILES string of the molecule is CC(C)=CCC[C@@H](C)[C@H]1CC[C@@]2(C)C3=C(CC[C@@]12C)[C@@]1(C)CCC(OS(=O)(=O)O)C(C)(C)C1CC3. The Labute approximate surface area is 215 Å². The summed E-state index contributed by atoms with van der Waals surface area (Å²) in [6, 6.07) is 0. The third-order valence-electron chi connectivity index (χ3n) is 11.9. The topological polar surface area (TPSA) is 63.6 Å². The average molecular weight is 507 g/mol. The van der Waals surface area contributed by atoms with Crippen molar-refractivity contribution < 1.29 is 17.2 Å². The molecule has 4 aliphatic rings. The highest BCUT2D eigenvalue weighted by Gasteiger charge is 2.63. The van der Waals surface area contributed by atoms with Crippen LogP contribution in [0, 0.1) is 39.4 Å². The third kappa shape index (κ3) is 4.40. The molecule has 4 rings (SSSR count).